The fourth-order valence-electron chi connectivity index (χ4n) is 6.68. The molecule has 1 aromatic heterocycles. The minimum absolute atomic E-state index is 0.0331. The lowest BCUT2D eigenvalue weighted by molar-refractivity contribution is -0.199. The maximum Gasteiger partial charge on any atom is 0.481 e. The molecule has 2 bridgehead atoms. The van der Waals surface area contributed by atoms with Crippen LogP contribution in [0, 0.1) is 17.3 Å². The van der Waals surface area contributed by atoms with E-state index in [9.17, 15) is 14.4 Å². The number of methoxy groups -OCH3 is 1. The monoisotopic (exact) mass is 548 g/mol. The standard InChI is InChI=1S/C29H37BN4O6/c1-28(2)19-14-23(28)29(3)24(15-19)39-30(40-29)25(11-10-22(35)18-8-6-5-7-9-18)34-27(37)21(17-38-4)33-26(36)20-16-31-12-13-32-20/h5-9,12-13,16,19,21,23-25H,10-11,14-15,17H2,1-4H3,(H,33,36)(H,34,37)/t19-,21+,23-,24+,25-,29-/m0/s1. The highest BCUT2D eigenvalue weighted by Gasteiger charge is 2.68. The Kier molecular flexibility index (Phi) is 8.08. The van der Waals surface area contributed by atoms with Crippen molar-refractivity contribution in [3.05, 3.63) is 60.2 Å². The van der Waals surface area contributed by atoms with Gasteiger partial charge >= 0.3 is 7.12 Å². The summed E-state index contributed by atoms with van der Waals surface area (Å²) in [7, 11) is 0.726. The Bertz CT molecular complexity index is 1230. The minimum atomic E-state index is -1.00. The Balaban J connectivity index is 1.32. The van der Waals surface area contributed by atoms with Crippen molar-refractivity contribution < 1.29 is 28.4 Å². The molecule has 2 aromatic rings. The van der Waals surface area contributed by atoms with E-state index in [1.54, 1.807) is 12.1 Å². The van der Waals surface area contributed by atoms with Gasteiger partial charge in [0.15, 0.2) is 5.78 Å². The summed E-state index contributed by atoms with van der Waals surface area (Å²) in [6, 6.07) is 8.06. The van der Waals surface area contributed by atoms with Crippen molar-refractivity contribution in [3.63, 3.8) is 0 Å². The highest BCUT2D eigenvalue weighted by Crippen LogP contribution is 2.65. The smallest absolute Gasteiger partial charge is 0.404 e. The number of benzene rings is 1. The molecule has 1 aromatic carbocycles. The van der Waals surface area contributed by atoms with E-state index in [1.807, 2.05) is 18.2 Å². The first kappa shape index (κ1) is 28.4. The van der Waals surface area contributed by atoms with Gasteiger partial charge in [0.2, 0.25) is 5.91 Å². The van der Waals surface area contributed by atoms with Crippen LogP contribution in [0.1, 0.15) is 67.3 Å². The summed E-state index contributed by atoms with van der Waals surface area (Å²) in [5.41, 5.74) is 0.390. The van der Waals surface area contributed by atoms with Gasteiger partial charge in [-0.2, -0.15) is 0 Å². The zero-order chi connectivity index (χ0) is 28.5. The first-order chi connectivity index (χ1) is 19.1. The molecule has 1 saturated heterocycles. The Morgan fingerprint density at radius 3 is 2.58 bits per heavy atom. The fraction of sp³-hybridized carbons (Fsp3) is 0.552. The minimum Gasteiger partial charge on any atom is -0.404 e. The molecule has 212 valence electrons. The molecule has 1 aliphatic heterocycles. The lowest BCUT2D eigenvalue weighted by atomic mass is 9.43. The van der Waals surface area contributed by atoms with Crippen LogP contribution in [-0.2, 0) is 18.8 Å². The SMILES string of the molecule is COC[C@@H](NC(=O)c1cnccn1)C(=O)N[C@@H](CCC(=O)c1ccccc1)B1O[C@@H]2C[C@@H]3C[C@@H](C3(C)C)[C@]2(C)O1. The Hall–Kier alpha value is -3.15. The topological polar surface area (TPSA) is 129 Å². The number of nitrogens with one attached hydrogen (secondary N) is 2. The highest BCUT2D eigenvalue weighted by atomic mass is 16.7. The second-order valence-electron chi connectivity index (χ2n) is 11.9. The molecular formula is C29H37BN4O6. The summed E-state index contributed by atoms with van der Waals surface area (Å²) in [5, 5.41) is 5.69. The number of aromatic nitrogens is 2. The average molecular weight is 548 g/mol. The lowest BCUT2D eigenvalue weighted by Crippen LogP contribution is -2.65. The Morgan fingerprint density at radius 2 is 1.90 bits per heavy atom. The molecule has 2 N–H and O–H groups in total. The number of amides is 2. The van der Waals surface area contributed by atoms with E-state index in [0.717, 1.165) is 12.8 Å². The van der Waals surface area contributed by atoms with Crippen molar-refractivity contribution in [1.29, 1.82) is 0 Å². The van der Waals surface area contributed by atoms with Crippen LogP contribution in [0.4, 0.5) is 0 Å². The summed E-state index contributed by atoms with van der Waals surface area (Å²) < 4.78 is 18.3. The van der Waals surface area contributed by atoms with E-state index < -0.39 is 36.5 Å². The van der Waals surface area contributed by atoms with Crippen molar-refractivity contribution in [2.75, 3.05) is 13.7 Å². The normalized spacial score (nSPS) is 27.6. The van der Waals surface area contributed by atoms with Gasteiger partial charge in [0.1, 0.15) is 11.7 Å². The van der Waals surface area contributed by atoms with Gasteiger partial charge in [-0.05, 0) is 43.4 Å². The summed E-state index contributed by atoms with van der Waals surface area (Å²) in [6.07, 6.45) is 6.61. The largest absolute Gasteiger partial charge is 0.481 e. The van der Waals surface area contributed by atoms with Crippen LogP contribution in [0.15, 0.2) is 48.9 Å². The lowest BCUT2D eigenvalue weighted by Gasteiger charge is -2.64. The Morgan fingerprint density at radius 1 is 1.12 bits per heavy atom. The van der Waals surface area contributed by atoms with Crippen molar-refractivity contribution in [2.24, 2.45) is 17.3 Å². The van der Waals surface area contributed by atoms with Gasteiger partial charge in [0.05, 0.1) is 30.4 Å². The molecule has 3 aliphatic carbocycles. The van der Waals surface area contributed by atoms with Gasteiger partial charge in [0, 0.05) is 31.5 Å². The molecule has 4 aliphatic rings. The predicted octanol–water partition coefficient (Wildman–Crippen LogP) is 2.64. The molecular weight excluding hydrogens is 511 g/mol. The van der Waals surface area contributed by atoms with Gasteiger partial charge in [0.25, 0.3) is 5.91 Å². The molecule has 0 spiro atoms. The van der Waals surface area contributed by atoms with Gasteiger partial charge < -0.3 is 24.7 Å². The second kappa shape index (κ2) is 11.4. The number of rotatable bonds is 11. The van der Waals surface area contributed by atoms with Crippen LogP contribution in [-0.4, -0.2) is 72.1 Å². The maximum absolute atomic E-state index is 13.5. The van der Waals surface area contributed by atoms with E-state index >= 15 is 0 Å². The van der Waals surface area contributed by atoms with Crippen molar-refractivity contribution in [1.82, 2.24) is 20.6 Å². The van der Waals surface area contributed by atoms with Crippen LogP contribution >= 0.6 is 0 Å². The summed E-state index contributed by atoms with van der Waals surface area (Å²) in [5.74, 6) is -0.732. The van der Waals surface area contributed by atoms with Gasteiger partial charge in [-0.15, -0.1) is 0 Å². The number of hydrogen-bond donors (Lipinski definition) is 2. The zero-order valence-electron chi connectivity index (χ0n) is 23.5. The molecule has 6 rings (SSSR count). The summed E-state index contributed by atoms with van der Waals surface area (Å²) >= 11 is 0. The molecule has 2 amide bonds. The summed E-state index contributed by atoms with van der Waals surface area (Å²) in [4.78, 5) is 47.1. The molecule has 0 radical (unpaired) electrons. The fourth-order valence-corrected chi connectivity index (χ4v) is 6.68. The van der Waals surface area contributed by atoms with Crippen molar-refractivity contribution >= 4 is 24.7 Å². The zero-order valence-corrected chi connectivity index (χ0v) is 23.5. The number of Topliss-reactive ketones (excluding diaryl/α,β-unsaturated/α-hetero) is 1. The number of nitrogens with zero attached hydrogens (tertiary/aromatic N) is 2. The van der Waals surface area contributed by atoms with Gasteiger partial charge in [-0.1, -0.05) is 44.2 Å². The Labute approximate surface area is 235 Å². The van der Waals surface area contributed by atoms with E-state index in [1.165, 1.54) is 25.7 Å². The third-order valence-electron chi connectivity index (χ3n) is 9.15. The highest BCUT2D eigenvalue weighted by molar-refractivity contribution is 6.48. The van der Waals surface area contributed by atoms with Crippen molar-refractivity contribution in [2.45, 2.75) is 70.1 Å². The average Bonchev–Trinajstić information content (AvgIpc) is 3.32. The number of carbonyl (C=O) groups is 3. The maximum atomic E-state index is 13.5. The van der Waals surface area contributed by atoms with Crippen LogP contribution < -0.4 is 10.6 Å². The second-order valence-corrected chi connectivity index (χ2v) is 11.9. The van der Waals surface area contributed by atoms with Crippen LogP contribution in [0.5, 0.6) is 0 Å². The molecule has 11 heteroatoms. The van der Waals surface area contributed by atoms with E-state index in [0.29, 0.717) is 23.8 Å². The molecule has 6 atom stereocenters. The van der Waals surface area contributed by atoms with Gasteiger partial charge in [-0.3, -0.25) is 19.4 Å². The number of carbonyl (C=O) groups excluding carboxylic acids is 3. The van der Waals surface area contributed by atoms with Crippen molar-refractivity contribution in [3.8, 4) is 0 Å². The summed E-state index contributed by atoms with van der Waals surface area (Å²) in [6.45, 7) is 6.63. The molecule has 2 heterocycles. The van der Waals surface area contributed by atoms with E-state index in [2.05, 4.69) is 41.4 Å². The predicted molar refractivity (Wildman–Crippen MR) is 147 cm³/mol. The molecule has 3 saturated carbocycles. The first-order valence-electron chi connectivity index (χ1n) is 13.9. The van der Waals surface area contributed by atoms with Crippen LogP contribution in [0.2, 0.25) is 0 Å². The number of hydrogen-bond acceptors (Lipinski definition) is 8. The van der Waals surface area contributed by atoms with E-state index in [4.69, 9.17) is 14.0 Å². The first-order valence-corrected chi connectivity index (χ1v) is 13.9. The number of ketones is 1. The molecule has 0 unspecified atom stereocenters. The molecule has 4 fully saturated rings. The molecule has 40 heavy (non-hydrogen) atoms. The van der Waals surface area contributed by atoms with Crippen LogP contribution in [0.25, 0.3) is 0 Å². The quantitative estimate of drug-likeness (QED) is 0.324. The van der Waals surface area contributed by atoms with Gasteiger partial charge in [-0.25, -0.2) is 4.98 Å². The van der Waals surface area contributed by atoms with E-state index in [-0.39, 0.29) is 36.0 Å². The number of ether oxygens (including phenoxy) is 1. The molecule has 10 nitrogen and oxygen atoms in total. The van der Waals surface area contributed by atoms with Crippen LogP contribution in [0.3, 0.4) is 0 Å². The third kappa shape index (κ3) is 5.42. The third-order valence-corrected chi connectivity index (χ3v) is 9.15.